The number of aromatic nitrogens is 2. The van der Waals surface area contributed by atoms with Crippen molar-refractivity contribution >= 4 is 17.7 Å². The van der Waals surface area contributed by atoms with E-state index < -0.39 is 11.8 Å². The topological polar surface area (TPSA) is 87.5 Å². The van der Waals surface area contributed by atoms with Gasteiger partial charge < -0.3 is 19.7 Å². The minimum atomic E-state index is -0.532. The predicted molar refractivity (Wildman–Crippen MR) is 101 cm³/mol. The molecule has 1 aromatic carbocycles. The summed E-state index contributed by atoms with van der Waals surface area (Å²) in [5.74, 6) is -1.08. The lowest BCUT2D eigenvalue weighted by atomic mass is 10.1. The van der Waals surface area contributed by atoms with Crippen molar-refractivity contribution in [3.05, 3.63) is 54.1 Å². The molecule has 8 heteroatoms. The number of rotatable bonds is 4. The standard InChI is InChI=1S/C20H23N5O3/c26-18(22-17-5-6-17)20(28)25-11-9-24(10-12-25)19(27)16-3-1-15(2-4-16)13-23-8-7-21-14-23/h1-4,7-8,14,17H,5-6,9-13H2,(H,22,26). The van der Waals surface area contributed by atoms with Gasteiger partial charge in [-0.2, -0.15) is 0 Å². The van der Waals surface area contributed by atoms with Crippen LogP contribution >= 0.6 is 0 Å². The smallest absolute Gasteiger partial charge is 0.312 e. The zero-order valence-electron chi connectivity index (χ0n) is 15.6. The van der Waals surface area contributed by atoms with E-state index in [1.165, 1.54) is 4.90 Å². The second-order valence-electron chi connectivity index (χ2n) is 7.26. The molecule has 2 heterocycles. The molecule has 0 bridgehead atoms. The number of piperazine rings is 1. The maximum Gasteiger partial charge on any atom is 0.312 e. The maximum absolute atomic E-state index is 12.7. The molecule has 1 aliphatic carbocycles. The van der Waals surface area contributed by atoms with Crippen LogP contribution in [0.2, 0.25) is 0 Å². The van der Waals surface area contributed by atoms with Gasteiger partial charge in [0, 0.05) is 56.7 Å². The minimum Gasteiger partial charge on any atom is -0.345 e. The highest BCUT2D eigenvalue weighted by Crippen LogP contribution is 2.18. The zero-order valence-corrected chi connectivity index (χ0v) is 15.6. The van der Waals surface area contributed by atoms with E-state index in [1.54, 1.807) is 17.4 Å². The van der Waals surface area contributed by atoms with E-state index >= 15 is 0 Å². The van der Waals surface area contributed by atoms with E-state index in [-0.39, 0.29) is 11.9 Å². The van der Waals surface area contributed by atoms with Crippen LogP contribution in [0.15, 0.2) is 43.0 Å². The molecule has 1 aromatic heterocycles. The quantitative estimate of drug-likeness (QED) is 0.781. The van der Waals surface area contributed by atoms with Crippen molar-refractivity contribution < 1.29 is 14.4 Å². The van der Waals surface area contributed by atoms with Crippen LogP contribution in [0.1, 0.15) is 28.8 Å². The van der Waals surface area contributed by atoms with Crippen LogP contribution in [-0.2, 0) is 16.1 Å². The van der Waals surface area contributed by atoms with E-state index in [2.05, 4.69) is 10.3 Å². The van der Waals surface area contributed by atoms with E-state index in [4.69, 9.17) is 0 Å². The molecule has 0 atom stereocenters. The summed E-state index contributed by atoms with van der Waals surface area (Å²) < 4.78 is 1.96. The number of benzene rings is 1. The molecule has 28 heavy (non-hydrogen) atoms. The molecule has 2 aromatic rings. The average Bonchev–Trinajstić information content (AvgIpc) is 3.39. The van der Waals surface area contributed by atoms with Crippen LogP contribution in [0.3, 0.4) is 0 Å². The van der Waals surface area contributed by atoms with E-state index in [9.17, 15) is 14.4 Å². The first-order chi connectivity index (χ1) is 13.6. The molecule has 1 N–H and O–H groups in total. The second-order valence-corrected chi connectivity index (χ2v) is 7.26. The monoisotopic (exact) mass is 381 g/mol. The summed E-state index contributed by atoms with van der Waals surface area (Å²) in [6.07, 6.45) is 7.28. The van der Waals surface area contributed by atoms with Gasteiger partial charge in [0.05, 0.1) is 6.33 Å². The van der Waals surface area contributed by atoms with Gasteiger partial charge in [-0.3, -0.25) is 14.4 Å². The Bertz CT molecular complexity index is 850. The summed E-state index contributed by atoms with van der Waals surface area (Å²) >= 11 is 0. The third-order valence-corrected chi connectivity index (χ3v) is 5.09. The van der Waals surface area contributed by atoms with Crippen LogP contribution in [0.5, 0.6) is 0 Å². The fourth-order valence-electron chi connectivity index (χ4n) is 3.26. The van der Waals surface area contributed by atoms with Gasteiger partial charge in [-0.15, -0.1) is 0 Å². The first-order valence-corrected chi connectivity index (χ1v) is 9.54. The van der Waals surface area contributed by atoms with Gasteiger partial charge in [0.15, 0.2) is 0 Å². The number of carbonyl (C=O) groups is 3. The Hall–Kier alpha value is -3.16. The molecule has 2 aliphatic rings. The number of nitrogens with one attached hydrogen (secondary N) is 1. The summed E-state index contributed by atoms with van der Waals surface area (Å²) in [5.41, 5.74) is 1.72. The number of hydrogen-bond acceptors (Lipinski definition) is 4. The first-order valence-electron chi connectivity index (χ1n) is 9.54. The third-order valence-electron chi connectivity index (χ3n) is 5.09. The molecule has 1 saturated carbocycles. The van der Waals surface area contributed by atoms with Gasteiger partial charge in [-0.25, -0.2) is 4.98 Å². The SMILES string of the molecule is O=C(NC1CC1)C(=O)N1CCN(C(=O)c2ccc(Cn3ccnc3)cc2)CC1. The molecular weight excluding hydrogens is 358 g/mol. The van der Waals surface area contributed by atoms with Crippen LogP contribution < -0.4 is 5.32 Å². The van der Waals surface area contributed by atoms with Gasteiger partial charge in [-0.05, 0) is 30.5 Å². The van der Waals surface area contributed by atoms with Crippen molar-refractivity contribution in [2.75, 3.05) is 26.2 Å². The number of nitrogens with zero attached hydrogens (tertiary/aromatic N) is 4. The molecule has 2 fully saturated rings. The molecule has 1 aliphatic heterocycles. The lowest BCUT2D eigenvalue weighted by Gasteiger charge is -2.34. The van der Waals surface area contributed by atoms with Crippen molar-refractivity contribution in [2.24, 2.45) is 0 Å². The predicted octanol–water partition coefficient (Wildman–Crippen LogP) is 0.494. The lowest BCUT2D eigenvalue weighted by molar-refractivity contribution is -0.146. The summed E-state index contributed by atoms with van der Waals surface area (Å²) in [5, 5.41) is 2.72. The highest BCUT2D eigenvalue weighted by Gasteiger charge is 2.31. The Kier molecular flexibility index (Phi) is 5.10. The van der Waals surface area contributed by atoms with Crippen molar-refractivity contribution in [3.63, 3.8) is 0 Å². The second kappa shape index (κ2) is 7.84. The van der Waals surface area contributed by atoms with Crippen LogP contribution in [0.4, 0.5) is 0 Å². The fraction of sp³-hybridized carbons (Fsp3) is 0.400. The van der Waals surface area contributed by atoms with Crippen molar-refractivity contribution in [2.45, 2.75) is 25.4 Å². The Labute approximate surface area is 163 Å². The van der Waals surface area contributed by atoms with Crippen molar-refractivity contribution in [1.29, 1.82) is 0 Å². The molecule has 146 valence electrons. The molecule has 4 rings (SSSR count). The number of carbonyl (C=O) groups excluding carboxylic acids is 3. The molecule has 3 amide bonds. The zero-order chi connectivity index (χ0) is 19.5. The summed E-state index contributed by atoms with van der Waals surface area (Å²) in [6, 6.07) is 7.70. The normalized spacial score (nSPS) is 16.7. The Balaban J connectivity index is 1.29. The minimum absolute atomic E-state index is 0.0521. The average molecular weight is 381 g/mol. The molecule has 8 nitrogen and oxygen atoms in total. The van der Waals surface area contributed by atoms with Gasteiger partial charge in [0.1, 0.15) is 0 Å². The Morgan fingerprint density at radius 2 is 1.68 bits per heavy atom. The third kappa shape index (κ3) is 4.21. The van der Waals surface area contributed by atoms with Crippen LogP contribution in [0.25, 0.3) is 0 Å². The Morgan fingerprint density at radius 1 is 1.00 bits per heavy atom. The van der Waals surface area contributed by atoms with Gasteiger partial charge in [0.25, 0.3) is 5.91 Å². The molecule has 1 saturated heterocycles. The fourth-order valence-corrected chi connectivity index (χ4v) is 3.26. The Morgan fingerprint density at radius 3 is 2.29 bits per heavy atom. The molecule has 0 radical (unpaired) electrons. The summed E-state index contributed by atoms with van der Waals surface area (Å²) in [4.78, 5) is 44.1. The van der Waals surface area contributed by atoms with Gasteiger partial charge >= 0.3 is 11.8 Å². The van der Waals surface area contributed by atoms with E-state index in [1.807, 2.05) is 35.0 Å². The van der Waals surface area contributed by atoms with Crippen molar-refractivity contribution in [1.82, 2.24) is 24.7 Å². The van der Waals surface area contributed by atoms with Crippen molar-refractivity contribution in [3.8, 4) is 0 Å². The summed E-state index contributed by atoms with van der Waals surface area (Å²) in [7, 11) is 0. The van der Waals surface area contributed by atoms with Crippen LogP contribution in [-0.4, -0.2) is 69.3 Å². The summed E-state index contributed by atoms with van der Waals surface area (Å²) in [6.45, 7) is 2.32. The number of hydrogen-bond donors (Lipinski definition) is 1. The van der Waals surface area contributed by atoms with Gasteiger partial charge in [-0.1, -0.05) is 12.1 Å². The number of amides is 3. The molecule has 0 spiro atoms. The lowest BCUT2D eigenvalue weighted by Crippen LogP contribution is -2.54. The van der Waals surface area contributed by atoms with Crippen LogP contribution in [0, 0.1) is 0 Å². The van der Waals surface area contributed by atoms with E-state index in [0.717, 1.165) is 18.4 Å². The highest BCUT2D eigenvalue weighted by atomic mass is 16.2. The number of imidazole rings is 1. The van der Waals surface area contributed by atoms with E-state index in [0.29, 0.717) is 38.3 Å². The van der Waals surface area contributed by atoms with Gasteiger partial charge in [0.2, 0.25) is 0 Å². The highest BCUT2D eigenvalue weighted by molar-refractivity contribution is 6.35. The first kappa shape index (κ1) is 18.2. The molecule has 0 unspecified atom stereocenters. The maximum atomic E-state index is 12.7. The largest absolute Gasteiger partial charge is 0.345 e. The molecular formula is C20H23N5O3.